The van der Waals surface area contributed by atoms with Crippen LogP contribution in [-0.2, 0) is 19.8 Å². The first-order valence-electron chi connectivity index (χ1n) is 4.84. The van der Waals surface area contributed by atoms with Crippen molar-refractivity contribution in [3.05, 3.63) is 12.7 Å². The van der Waals surface area contributed by atoms with Gasteiger partial charge in [-0.3, -0.25) is 4.79 Å². The highest BCUT2D eigenvalue weighted by molar-refractivity contribution is 7.87. The average Bonchev–Trinajstić information content (AvgIpc) is 2.55. The van der Waals surface area contributed by atoms with Crippen LogP contribution in [0.4, 0.5) is 3.89 Å². The summed E-state index contributed by atoms with van der Waals surface area (Å²) in [6.45, 7) is 2.93. The highest BCUT2D eigenvalue weighted by Crippen LogP contribution is 2.23. The van der Waals surface area contributed by atoms with Gasteiger partial charge in [-0.05, 0) is 6.42 Å². The Bertz CT molecular complexity index is 446. The minimum absolute atomic E-state index is 0.0138. The SMILES string of the molecule is C=CCC(C(=O)O)N1CC(S(=O)(=O)F)CC1=O. The minimum Gasteiger partial charge on any atom is -0.480 e. The Morgan fingerprint density at radius 1 is 1.71 bits per heavy atom. The second-order valence-corrected chi connectivity index (χ2v) is 5.34. The van der Waals surface area contributed by atoms with Crippen LogP contribution in [0.25, 0.3) is 0 Å². The van der Waals surface area contributed by atoms with E-state index in [2.05, 4.69) is 6.58 Å². The second kappa shape index (κ2) is 4.82. The van der Waals surface area contributed by atoms with Crippen molar-refractivity contribution in [3.63, 3.8) is 0 Å². The van der Waals surface area contributed by atoms with E-state index in [1.54, 1.807) is 0 Å². The van der Waals surface area contributed by atoms with Crippen LogP contribution in [0.5, 0.6) is 0 Å². The number of carboxylic acid groups (broad SMARTS) is 1. The molecule has 1 saturated heterocycles. The predicted octanol–water partition coefficient (Wildman–Crippen LogP) is -0.0841. The molecule has 0 saturated carbocycles. The van der Waals surface area contributed by atoms with Crippen molar-refractivity contribution >= 4 is 22.1 Å². The molecule has 0 spiro atoms. The molecule has 0 aliphatic carbocycles. The molecule has 1 heterocycles. The number of carbonyl (C=O) groups excluding carboxylic acids is 1. The molecule has 0 aromatic heterocycles. The van der Waals surface area contributed by atoms with Crippen molar-refractivity contribution in [2.45, 2.75) is 24.1 Å². The molecule has 1 rings (SSSR count). The lowest BCUT2D eigenvalue weighted by Gasteiger charge is -2.23. The van der Waals surface area contributed by atoms with Crippen molar-refractivity contribution < 1.29 is 27.0 Å². The highest BCUT2D eigenvalue weighted by Gasteiger charge is 2.42. The normalized spacial score (nSPS) is 22.5. The first-order valence-corrected chi connectivity index (χ1v) is 6.28. The number of hydrogen-bond donors (Lipinski definition) is 1. The summed E-state index contributed by atoms with van der Waals surface area (Å²) in [7, 11) is -4.82. The average molecular weight is 265 g/mol. The summed E-state index contributed by atoms with van der Waals surface area (Å²) in [6.07, 6.45) is 0.781. The zero-order valence-corrected chi connectivity index (χ0v) is 9.69. The van der Waals surface area contributed by atoms with Gasteiger partial charge in [0.05, 0.1) is 0 Å². The fraction of sp³-hybridized carbons (Fsp3) is 0.556. The molecule has 2 atom stereocenters. The van der Waals surface area contributed by atoms with Gasteiger partial charge in [-0.2, -0.15) is 8.42 Å². The molecule has 1 aliphatic heterocycles. The molecule has 0 bridgehead atoms. The van der Waals surface area contributed by atoms with E-state index in [0.717, 1.165) is 4.90 Å². The Hall–Kier alpha value is -1.44. The van der Waals surface area contributed by atoms with Gasteiger partial charge in [0, 0.05) is 13.0 Å². The third-order valence-electron chi connectivity index (χ3n) is 2.57. The van der Waals surface area contributed by atoms with Crippen LogP contribution < -0.4 is 0 Å². The van der Waals surface area contributed by atoms with E-state index in [9.17, 15) is 21.9 Å². The summed E-state index contributed by atoms with van der Waals surface area (Å²) >= 11 is 0. The van der Waals surface area contributed by atoms with Gasteiger partial charge in [0.15, 0.2) is 0 Å². The van der Waals surface area contributed by atoms with E-state index in [4.69, 9.17) is 5.11 Å². The van der Waals surface area contributed by atoms with Crippen LogP contribution in [0.15, 0.2) is 12.7 Å². The molecule has 17 heavy (non-hydrogen) atoms. The van der Waals surface area contributed by atoms with Gasteiger partial charge in [0.25, 0.3) is 0 Å². The number of carboxylic acids is 1. The molecular weight excluding hydrogens is 253 g/mol. The molecule has 2 unspecified atom stereocenters. The third kappa shape index (κ3) is 3.02. The van der Waals surface area contributed by atoms with Crippen LogP contribution in [0.2, 0.25) is 0 Å². The Morgan fingerprint density at radius 3 is 2.65 bits per heavy atom. The maximum atomic E-state index is 12.7. The van der Waals surface area contributed by atoms with E-state index in [0.29, 0.717) is 0 Å². The fourth-order valence-electron chi connectivity index (χ4n) is 1.71. The summed E-state index contributed by atoms with van der Waals surface area (Å²) in [5.74, 6) is -1.94. The maximum absolute atomic E-state index is 12.7. The molecule has 0 aromatic carbocycles. The molecule has 0 radical (unpaired) electrons. The van der Waals surface area contributed by atoms with E-state index in [1.165, 1.54) is 6.08 Å². The lowest BCUT2D eigenvalue weighted by atomic mass is 10.2. The first-order chi connectivity index (χ1) is 7.77. The Labute approximate surface area is 97.9 Å². The molecule has 1 fully saturated rings. The molecule has 8 heteroatoms. The van der Waals surface area contributed by atoms with Crippen molar-refractivity contribution in [3.8, 4) is 0 Å². The van der Waals surface area contributed by atoms with Crippen molar-refractivity contribution in [1.29, 1.82) is 0 Å². The number of nitrogens with zero attached hydrogens (tertiary/aromatic N) is 1. The Kier molecular flexibility index (Phi) is 3.87. The Morgan fingerprint density at radius 2 is 2.29 bits per heavy atom. The van der Waals surface area contributed by atoms with Gasteiger partial charge in [0.1, 0.15) is 11.3 Å². The van der Waals surface area contributed by atoms with E-state index in [-0.39, 0.29) is 6.42 Å². The molecule has 96 valence electrons. The number of carbonyl (C=O) groups is 2. The zero-order valence-electron chi connectivity index (χ0n) is 8.87. The quantitative estimate of drug-likeness (QED) is 0.554. The molecule has 0 aromatic rings. The van der Waals surface area contributed by atoms with Gasteiger partial charge in [-0.1, -0.05) is 6.08 Å². The van der Waals surface area contributed by atoms with Crippen molar-refractivity contribution in [2.24, 2.45) is 0 Å². The van der Waals surface area contributed by atoms with Gasteiger partial charge in [0.2, 0.25) is 5.91 Å². The third-order valence-corrected chi connectivity index (χ3v) is 3.68. The van der Waals surface area contributed by atoms with Crippen molar-refractivity contribution in [1.82, 2.24) is 4.90 Å². The van der Waals surface area contributed by atoms with Crippen LogP contribution in [-0.4, -0.2) is 48.1 Å². The largest absolute Gasteiger partial charge is 0.480 e. The zero-order chi connectivity index (χ0) is 13.2. The number of amides is 1. The minimum atomic E-state index is -4.82. The number of hydrogen-bond acceptors (Lipinski definition) is 4. The van der Waals surface area contributed by atoms with E-state index in [1.807, 2.05) is 0 Å². The topological polar surface area (TPSA) is 91.8 Å². The Balaban J connectivity index is 2.89. The summed E-state index contributed by atoms with van der Waals surface area (Å²) in [6, 6.07) is -1.19. The number of likely N-dealkylation sites (tertiary alicyclic amines) is 1. The molecule has 1 N–H and O–H groups in total. The standard InChI is InChI=1S/C9H12FNO5S/c1-2-3-7(9(13)14)11-5-6(4-8(11)12)17(10,15)16/h2,6-7H,1,3-5H2,(H,13,14). The summed E-state index contributed by atoms with van der Waals surface area (Å²) in [4.78, 5) is 23.2. The second-order valence-electron chi connectivity index (χ2n) is 3.73. The number of halogens is 1. The molecule has 1 aliphatic rings. The number of aliphatic carboxylic acids is 1. The smallest absolute Gasteiger partial charge is 0.326 e. The predicted molar refractivity (Wildman–Crippen MR) is 56.4 cm³/mol. The lowest BCUT2D eigenvalue weighted by Crippen LogP contribution is -2.42. The van der Waals surface area contributed by atoms with Gasteiger partial charge >= 0.3 is 16.2 Å². The monoisotopic (exact) mass is 265 g/mol. The van der Waals surface area contributed by atoms with Crippen LogP contribution >= 0.6 is 0 Å². The first kappa shape index (κ1) is 13.6. The molecule has 1 amide bonds. The fourth-order valence-corrected chi connectivity index (χ4v) is 2.39. The number of rotatable bonds is 5. The summed E-state index contributed by atoms with van der Waals surface area (Å²) in [5, 5.41) is 7.42. The van der Waals surface area contributed by atoms with Crippen LogP contribution in [0.3, 0.4) is 0 Å². The van der Waals surface area contributed by atoms with E-state index < -0.39 is 46.4 Å². The highest BCUT2D eigenvalue weighted by atomic mass is 32.3. The molecule has 6 nitrogen and oxygen atoms in total. The summed E-state index contributed by atoms with van der Waals surface area (Å²) < 4.78 is 34.0. The van der Waals surface area contributed by atoms with Crippen LogP contribution in [0, 0.1) is 0 Å². The van der Waals surface area contributed by atoms with Crippen LogP contribution in [0.1, 0.15) is 12.8 Å². The van der Waals surface area contributed by atoms with E-state index >= 15 is 0 Å². The van der Waals surface area contributed by atoms with Gasteiger partial charge in [-0.15, -0.1) is 10.5 Å². The maximum Gasteiger partial charge on any atom is 0.326 e. The van der Waals surface area contributed by atoms with Gasteiger partial charge in [-0.25, -0.2) is 4.79 Å². The summed E-state index contributed by atoms with van der Waals surface area (Å²) in [5.41, 5.74) is 0. The lowest BCUT2D eigenvalue weighted by molar-refractivity contribution is -0.148. The molecular formula is C9H12FNO5S. The van der Waals surface area contributed by atoms with Gasteiger partial charge < -0.3 is 10.0 Å². The van der Waals surface area contributed by atoms with Crippen molar-refractivity contribution in [2.75, 3.05) is 6.54 Å².